The van der Waals surface area contributed by atoms with Gasteiger partial charge in [-0.05, 0) is 31.0 Å². The van der Waals surface area contributed by atoms with Gasteiger partial charge in [0.15, 0.2) is 5.65 Å². The number of alkyl halides is 3. The van der Waals surface area contributed by atoms with Crippen molar-refractivity contribution in [1.82, 2.24) is 24.6 Å². The molecule has 10 heteroatoms. The number of pyridine rings is 2. The molecular weight excluding hydrogens is 361 g/mol. The SMILES string of the molecule is FC(F)(F)c1ccc2cc(N3CCCC3)c3nc(-c4nnco4)cn3c2n1. The summed E-state index contributed by atoms with van der Waals surface area (Å²) >= 11 is 0. The quantitative estimate of drug-likeness (QED) is 0.534. The molecule has 5 rings (SSSR count). The van der Waals surface area contributed by atoms with Crippen LogP contribution in [0.15, 0.2) is 35.2 Å². The molecule has 4 aromatic rings. The van der Waals surface area contributed by atoms with Gasteiger partial charge >= 0.3 is 6.18 Å². The van der Waals surface area contributed by atoms with Gasteiger partial charge in [0.25, 0.3) is 5.89 Å². The van der Waals surface area contributed by atoms with Crippen LogP contribution in [0.2, 0.25) is 0 Å². The smallest absolute Gasteiger partial charge is 0.422 e. The number of hydrogen-bond acceptors (Lipinski definition) is 6. The molecule has 0 spiro atoms. The maximum Gasteiger partial charge on any atom is 0.433 e. The molecular formula is C17H13F3N6O. The monoisotopic (exact) mass is 374 g/mol. The van der Waals surface area contributed by atoms with E-state index in [1.54, 1.807) is 10.6 Å². The largest absolute Gasteiger partial charge is 0.433 e. The number of rotatable bonds is 2. The van der Waals surface area contributed by atoms with Crippen molar-refractivity contribution in [3.05, 3.63) is 36.5 Å². The molecule has 1 aliphatic rings. The van der Waals surface area contributed by atoms with Gasteiger partial charge in [0.05, 0.1) is 5.69 Å². The molecule has 1 aliphatic heterocycles. The van der Waals surface area contributed by atoms with Crippen molar-refractivity contribution in [2.45, 2.75) is 19.0 Å². The molecule has 5 heterocycles. The second-order valence-corrected chi connectivity index (χ2v) is 6.39. The Morgan fingerprint density at radius 1 is 1.04 bits per heavy atom. The second-order valence-electron chi connectivity index (χ2n) is 6.39. The van der Waals surface area contributed by atoms with Crippen LogP contribution in [-0.4, -0.2) is 37.7 Å². The third kappa shape index (κ3) is 2.59. The van der Waals surface area contributed by atoms with E-state index in [0.717, 1.165) is 37.7 Å². The molecule has 1 fully saturated rings. The molecule has 0 radical (unpaired) electrons. The lowest BCUT2D eigenvalue weighted by molar-refractivity contribution is -0.141. The Morgan fingerprint density at radius 2 is 1.85 bits per heavy atom. The van der Waals surface area contributed by atoms with E-state index in [4.69, 9.17) is 4.42 Å². The topological polar surface area (TPSA) is 72.4 Å². The summed E-state index contributed by atoms with van der Waals surface area (Å²) in [6, 6.07) is 4.28. The van der Waals surface area contributed by atoms with E-state index in [1.165, 1.54) is 12.5 Å². The lowest BCUT2D eigenvalue weighted by atomic mass is 10.2. The lowest BCUT2D eigenvalue weighted by Gasteiger charge is -2.19. The van der Waals surface area contributed by atoms with Crippen molar-refractivity contribution >= 4 is 22.4 Å². The standard InChI is InChI=1S/C17H13F3N6O/c18-17(19,20)13-4-3-10-7-12(25-5-1-2-6-25)15-22-11(16-24-21-9-27-16)8-26(15)14(10)23-13/h3-4,7-9H,1-2,5-6H2. The van der Waals surface area contributed by atoms with Crippen LogP contribution in [0.1, 0.15) is 18.5 Å². The van der Waals surface area contributed by atoms with E-state index in [2.05, 4.69) is 25.1 Å². The first-order valence-corrected chi connectivity index (χ1v) is 8.42. The van der Waals surface area contributed by atoms with E-state index in [9.17, 15) is 13.2 Å². The first kappa shape index (κ1) is 16.0. The van der Waals surface area contributed by atoms with E-state index < -0.39 is 11.9 Å². The maximum absolute atomic E-state index is 13.1. The van der Waals surface area contributed by atoms with E-state index in [1.807, 2.05) is 6.07 Å². The van der Waals surface area contributed by atoms with Gasteiger partial charge in [0, 0.05) is 24.7 Å². The lowest BCUT2D eigenvalue weighted by Crippen LogP contribution is -2.19. The summed E-state index contributed by atoms with van der Waals surface area (Å²) in [7, 11) is 0. The molecule has 0 unspecified atom stereocenters. The predicted molar refractivity (Wildman–Crippen MR) is 90.2 cm³/mol. The number of anilines is 1. The van der Waals surface area contributed by atoms with Crippen LogP contribution in [0.3, 0.4) is 0 Å². The van der Waals surface area contributed by atoms with Crippen molar-refractivity contribution in [1.29, 1.82) is 0 Å². The van der Waals surface area contributed by atoms with Crippen molar-refractivity contribution in [2.75, 3.05) is 18.0 Å². The van der Waals surface area contributed by atoms with Crippen molar-refractivity contribution < 1.29 is 17.6 Å². The average Bonchev–Trinajstić information content (AvgIpc) is 3.40. The van der Waals surface area contributed by atoms with Crippen molar-refractivity contribution in [2.24, 2.45) is 0 Å². The van der Waals surface area contributed by atoms with Crippen LogP contribution >= 0.6 is 0 Å². The molecule has 27 heavy (non-hydrogen) atoms. The summed E-state index contributed by atoms with van der Waals surface area (Å²) < 4.78 is 46.2. The van der Waals surface area contributed by atoms with Gasteiger partial charge < -0.3 is 9.32 Å². The minimum atomic E-state index is -4.52. The molecule has 4 aromatic heterocycles. The minimum absolute atomic E-state index is 0.182. The molecule has 0 aromatic carbocycles. The fourth-order valence-electron chi connectivity index (χ4n) is 3.44. The van der Waals surface area contributed by atoms with Crippen molar-refractivity contribution in [3.63, 3.8) is 0 Å². The fourth-order valence-corrected chi connectivity index (χ4v) is 3.44. The highest BCUT2D eigenvalue weighted by molar-refractivity contribution is 5.88. The normalized spacial score (nSPS) is 15.3. The number of hydrogen-bond donors (Lipinski definition) is 0. The van der Waals surface area contributed by atoms with Gasteiger partial charge in [-0.1, -0.05) is 0 Å². The molecule has 0 bridgehead atoms. The predicted octanol–water partition coefficient (Wildman–Crippen LogP) is 3.55. The molecule has 0 aliphatic carbocycles. The average molecular weight is 374 g/mol. The summed E-state index contributed by atoms with van der Waals surface area (Å²) in [6.07, 6.45) is 0.361. The summed E-state index contributed by atoms with van der Waals surface area (Å²) in [4.78, 5) is 10.6. The number of imidazole rings is 1. The highest BCUT2D eigenvalue weighted by Crippen LogP contribution is 2.34. The highest BCUT2D eigenvalue weighted by atomic mass is 19.4. The van der Waals surface area contributed by atoms with Gasteiger partial charge in [-0.3, -0.25) is 4.40 Å². The molecule has 7 nitrogen and oxygen atoms in total. The van der Waals surface area contributed by atoms with Crippen LogP contribution in [0.4, 0.5) is 18.9 Å². The third-order valence-corrected chi connectivity index (χ3v) is 4.68. The summed E-state index contributed by atoms with van der Waals surface area (Å²) in [5, 5.41) is 8.08. The Hall–Kier alpha value is -3.17. The Balaban J connectivity index is 1.81. The highest BCUT2D eigenvalue weighted by Gasteiger charge is 2.33. The molecule has 0 N–H and O–H groups in total. The Kier molecular flexibility index (Phi) is 3.36. The van der Waals surface area contributed by atoms with E-state index >= 15 is 0 Å². The second kappa shape index (κ2) is 5.66. The Morgan fingerprint density at radius 3 is 2.56 bits per heavy atom. The van der Waals surface area contributed by atoms with Gasteiger partial charge in [0.1, 0.15) is 17.0 Å². The summed E-state index contributed by atoms with van der Waals surface area (Å²) in [5.41, 5.74) is 0.996. The van der Waals surface area contributed by atoms with Gasteiger partial charge in [-0.15, -0.1) is 10.2 Å². The number of nitrogens with zero attached hydrogens (tertiary/aromatic N) is 6. The first-order valence-electron chi connectivity index (χ1n) is 8.42. The van der Waals surface area contributed by atoms with Crippen LogP contribution < -0.4 is 4.90 Å². The summed E-state index contributed by atoms with van der Waals surface area (Å²) in [6.45, 7) is 1.75. The number of fused-ring (bicyclic) bond motifs is 3. The van der Waals surface area contributed by atoms with E-state index in [-0.39, 0.29) is 11.5 Å². The van der Waals surface area contributed by atoms with Crippen LogP contribution in [0.5, 0.6) is 0 Å². The molecule has 0 amide bonds. The maximum atomic E-state index is 13.1. The molecule has 0 atom stereocenters. The van der Waals surface area contributed by atoms with E-state index in [0.29, 0.717) is 16.7 Å². The zero-order valence-electron chi connectivity index (χ0n) is 13.9. The van der Waals surface area contributed by atoms with Gasteiger partial charge in [-0.2, -0.15) is 13.2 Å². The molecule has 0 saturated carbocycles. The minimum Gasteiger partial charge on any atom is -0.422 e. The Bertz CT molecular complexity index is 1130. The number of halogens is 3. The molecule has 1 saturated heterocycles. The summed E-state index contributed by atoms with van der Waals surface area (Å²) in [5.74, 6) is 0.200. The van der Waals surface area contributed by atoms with Crippen molar-refractivity contribution in [3.8, 4) is 11.6 Å². The Labute approximate surface area is 150 Å². The molecule has 138 valence electrons. The van der Waals surface area contributed by atoms with Crippen LogP contribution in [0.25, 0.3) is 28.3 Å². The first-order chi connectivity index (χ1) is 13.0. The van der Waals surface area contributed by atoms with Crippen LogP contribution in [-0.2, 0) is 6.18 Å². The number of aromatic nitrogens is 5. The third-order valence-electron chi connectivity index (χ3n) is 4.68. The van der Waals surface area contributed by atoms with Gasteiger partial charge in [-0.25, -0.2) is 9.97 Å². The zero-order valence-corrected chi connectivity index (χ0v) is 13.9. The fraction of sp³-hybridized carbons (Fsp3) is 0.294. The van der Waals surface area contributed by atoms with Crippen LogP contribution in [0, 0.1) is 0 Å². The van der Waals surface area contributed by atoms with Gasteiger partial charge in [0.2, 0.25) is 6.39 Å². The zero-order chi connectivity index (χ0) is 18.6.